The van der Waals surface area contributed by atoms with E-state index in [-0.39, 0.29) is 13.2 Å². The Bertz CT molecular complexity index is 529. The fraction of sp³-hybridized carbons (Fsp3) is 0.364. The number of nitrogens with one attached hydrogen (secondary N) is 1. The molecule has 0 aliphatic carbocycles. The van der Waals surface area contributed by atoms with Gasteiger partial charge in [-0.25, -0.2) is 4.98 Å². The lowest BCUT2D eigenvalue weighted by Gasteiger charge is -2.11. The van der Waals surface area contributed by atoms with Crippen LogP contribution in [0.4, 0.5) is 5.69 Å². The second-order valence-corrected chi connectivity index (χ2v) is 5.31. The zero-order valence-corrected chi connectivity index (χ0v) is 10.8. The first-order chi connectivity index (χ1) is 8.11. The van der Waals surface area contributed by atoms with Crippen molar-refractivity contribution in [3.63, 3.8) is 0 Å². The van der Waals surface area contributed by atoms with Crippen LogP contribution in [0.2, 0.25) is 5.02 Å². The van der Waals surface area contributed by atoms with Crippen LogP contribution >= 0.6 is 22.9 Å². The van der Waals surface area contributed by atoms with Crippen molar-refractivity contribution >= 4 is 38.8 Å². The van der Waals surface area contributed by atoms with Crippen LogP contribution in [-0.4, -0.2) is 34.5 Å². The van der Waals surface area contributed by atoms with Crippen LogP contribution in [-0.2, 0) is 0 Å². The van der Waals surface area contributed by atoms with Crippen LogP contribution in [0, 0.1) is 6.92 Å². The zero-order chi connectivity index (χ0) is 12.4. The van der Waals surface area contributed by atoms with Crippen LogP contribution in [0.15, 0.2) is 12.1 Å². The molecule has 0 fully saturated rings. The van der Waals surface area contributed by atoms with Crippen molar-refractivity contribution in [1.82, 2.24) is 4.98 Å². The highest BCUT2D eigenvalue weighted by Gasteiger charge is 2.10. The highest BCUT2D eigenvalue weighted by atomic mass is 35.5. The summed E-state index contributed by atoms with van der Waals surface area (Å²) in [6, 6.07) is 3.71. The Kier molecular flexibility index (Phi) is 3.83. The van der Waals surface area contributed by atoms with Crippen molar-refractivity contribution in [2.45, 2.75) is 13.0 Å². The van der Waals surface area contributed by atoms with Crippen molar-refractivity contribution in [3.05, 3.63) is 22.2 Å². The molecule has 1 heterocycles. The summed E-state index contributed by atoms with van der Waals surface area (Å²) < 4.78 is 0.938. The molecule has 1 unspecified atom stereocenters. The largest absolute Gasteiger partial charge is 0.394 e. The smallest absolute Gasteiger partial charge is 0.0942 e. The first kappa shape index (κ1) is 12.6. The molecule has 0 aliphatic rings. The molecule has 2 rings (SSSR count). The molecular formula is C11H13ClN2O2S. The number of aromatic nitrogens is 1. The molecule has 0 amide bonds. The Morgan fingerprint density at radius 3 is 3.00 bits per heavy atom. The molecule has 17 heavy (non-hydrogen) atoms. The number of hydrogen-bond acceptors (Lipinski definition) is 5. The quantitative estimate of drug-likeness (QED) is 0.797. The number of thiazole rings is 1. The van der Waals surface area contributed by atoms with Crippen molar-refractivity contribution in [2.24, 2.45) is 0 Å². The van der Waals surface area contributed by atoms with E-state index in [4.69, 9.17) is 16.7 Å². The van der Waals surface area contributed by atoms with Gasteiger partial charge in [0, 0.05) is 6.54 Å². The number of fused-ring (bicyclic) bond motifs is 1. The van der Waals surface area contributed by atoms with Gasteiger partial charge in [0.1, 0.15) is 0 Å². The summed E-state index contributed by atoms with van der Waals surface area (Å²) in [7, 11) is 0. The Balaban J connectivity index is 2.26. The summed E-state index contributed by atoms with van der Waals surface area (Å²) in [5.41, 5.74) is 1.63. The van der Waals surface area contributed by atoms with Crippen LogP contribution in [0.3, 0.4) is 0 Å². The minimum Gasteiger partial charge on any atom is -0.394 e. The summed E-state index contributed by atoms with van der Waals surface area (Å²) in [5.74, 6) is 0. The van der Waals surface area contributed by atoms with Gasteiger partial charge < -0.3 is 15.5 Å². The second kappa shape index (κ2) is 5.18. The standard InChI is InChI=1S/C11H13ClN2O2S/c1-6-14-9-3-2-8(10(12)11(9)17-6)13-4-7(16)5-15/h2-3,7,13,15-16H,4-5H2,1H3. The van der Waals surface area contributed by atoms with E-state index in [1.807, 2.05) is 19.1 Å². The summed E-state index contributed by atoms with van der Waals surface area (Å²) in [6.45, 7) is 1.93. The van der Waals surface area contributed by atoms with Gasteiger partial charge in [0.05, 0.1) is 38.6 Å². The van der Waals surface area contributed by atoms with Crippen molar-refractivity contribution in [2.75, 3.05) is 18.5 Å². The molecule has 0 saturated heterocycles. The fourth-order valence-corrected chi connectivity index (χ4v) is 2.70. The Morgan fingerprint density at radius 2 is 2.29 bits per heavy atom. The highest BCUT2D eigenvalue weighted by molar-refractivity contribution is 7.19. The first-order valence-electron chi connectivity index (χ1n) is 5.20. The van der Waals surface area contributed by atoms with E-state index < -0.39 is 6.10 Å². The lowest BCUT2D eigenvalue weighted by molar-refractivity contribution is 0.105. The molecule has 1 atom stereocenters. The first-order valence-corrected chi connectivity index (χ1v) is 6.39. The van der Waals surface area contributed by atoms with E-state index in [0.29, 0.717) is 5.02 Å². The van der Waals surface area contributed by atoms with Gasteiger partial charge in [0.2, 0.25) is 0 Å². The number of halogens is 1. The molecule has 0 saturated carbocycles. The molecule has 0 aliphatic heterocycles. The van der Waals surface area contributed by atoms with Gasteiger partial charge >= 0.3 is 0 Å². The topological polar surface area (TPSA) is 65.4 Å². The molecule has 1 aromatic carbocycles. The third-order valence-electron chi connectivity index (χ3n) is 2.34. The van der Waals surface area contributed by atoms with Gasteiger partial charge in [0.15, 0.2) is 0 Å². The van der Waals surface area contributed by atoms with Gasteiger partial charge in [0.25, 0.3) is 0 Å². The third-order valence-corrected chi connectivity index (χ3v) is 3.85. The zero-order valence-electron chi connectivity index (χ0n) is 9.27. The van der Waals surface area contributed by atoms with E-state index in [0.717, 1.165) is 20.9 Å². The maximum Gasteiger partial charge on any atom is 0.0942 e. The van der Waals surface area contributed by atoms with Gasteiger partial charge in [-0.05, 0) is 19.1 Å². The second-order valence-electron chi connectivity index (χ2n) is 3.73. The van der Waals surface area contributed by atoms with Gasteiger partial charge in [-0.15, -0.1) is 11.3 Å². The average molecular weight is 273 g/mol. The van der Waals surface area contributed by atoms with Crippen LogP contribution in [0.25, 0.3) is 10.2 Å². The molecule has 0 radical (unpaired) electrons. The average Bonchev–Trinajstić information content (AvgIpc) is 2.69. The lowest BCUT2D eigenvalue weighted by atomic mass is 10.3. The minimum atomic E-state index is -0.787. The van der Waals surface area contributed by atoms with E-state index >= 15 is 0 Å². The minimum absolute atomic E-state index is 0.263. The molecule has 4 nitrogen and oxygen atoms in total. The third kappa shape index (κ3) is 2.69. The van der Waals surface area contributed by atoms with Crippen LogP contribution in [0.1, 0.15) is 5.01 Å². The van der Waals surface area contributed by atoms with Gasteiger partial charge in [-0.1, -0.05) is 11.6 Å². The summed E-state index contributed by atoms with van der Waals surface area (Å²) in [6.07, 6.45) is -0.787. The molecule has 92 valence electrons. The molecule has 3 N–H and O–H groups in total. The van der Waals surface area contributed by atoms with Crippen molar-refractivity contribution < 1.29 is 10.2 Å². The lowest BCUT2D eigenvalue weighted by Crippen LogP contribution is -2.23. The molecule has 0 bridgehead atoms. The highest BCUT2D eigenvalue weighted by Crippen LogP contribution is 2.34. The van der Waals surface area contributed by atoms with E-state index in [1.54, 1.807) is 0 Å². The van der Waals surface area contributed by atoms with Gasteiger partial charge in [-0.2, -0.15) is 0 Å². The number of nitrogens with zero attached hydrogens (tertiary/aromatic N) is 1. The maximum absolute atomic E-state index is 9.26. The monoisotopic (exact) mass is 272 g/mol. The van der Waals surface area contributed by atoms with Crippen LogP contribution in [0.5, 0.6) is 0 Å². The predicted molar refractivity (Wildman–Crippen MR) is 70.9 cm³/mol. The van der Waals surface area contributed by atoms with E-state index in [9.17, 15) is 5.11 Å². The van der Waals surface area contributed by atoms with E-state index in [2.05, 4.69) is 10.3 Å². The Labute approximate surface area is 108 Å². The predicted octanol–water partition coefficient (Wildman–Crippen LogP) is 2.02. The number of aliphatic hydroxyl groups is 2. The number of anilines is 1. The summed E-state index contributed by atoms with van der Waals surface area (Å²) in [5, 5.41) is 22.6. The fourth-order valence-electron chi connectivity index (χ4n) is 1.50. The summed E-state index contributed by atoms with van der Waals surface area (Å²) >= 11 is 7.78. The number of aryl methyl sites for hydroxylation is 1. The van der Waals surface area contributed by atoms with Crippen molar-refractivity contribution in [3.8, 4) is 0 Å². The molecule has 1 aromatic heterocycles. The van der Waals surface area contributed by atoms with Crippen LogP contribution < -0.4 is 5.32 Å². The molecule has 0 spiro atoms. The van der Waals surface area contributed by atoms with Gasteiger partial charge in [-0.3, -0.25) is 0 Å². The Hall–Kier alpha value is -0.880. The molecule has 6 heteroatoms. The number of hydrogen-bond donors (Lipinski definition) is 3. The number of rotatable bonds is 4. The molecular weight excluding hydrogens is 260 g/mol. The van der Waals surface area contributed by atoms with Crippen molar-refractivity contribution in [1.29, 1.82) is 0 Å². The SMILES string of the molecule is Cc1nc2ccc(NCC(O)CO)c(Cl)c2s1. The normalized spacial score (nSPS) is 12.9. The number of aliphatic hydroxyl groups excluding tert-OH is 2. The number of benzene rings is 1. The Morgan fingerprint density at radius 1 is 1.53 bits per heavy atom. The summed E-state index contributed by atoms with van der Waals surface area (Å²) in [4.78, 5) is 4.34. The maximum atomic E-state index is 9.26. The van der Waals surface area contributed by atoms with E-state index in [1.165, 1.54) is 11.3 Å². The molecule has 2 aromatic rings.